The van der Waals surface area contributed by atoms with Gasteiger partial charge in [-0.3, -0.25) is 0 Å². The van der Waals surface area contributed by atoms with Gasteiger partial charge in [0.25, 0.3) is 0 Å². The van der Waals surface area contributed by atoms with Crippen LogP contribution in [0.25, 0.3) is 27.6 Å². The van der Waals surface area contributed by atoms with E-state index < -0.39 is 5.60 Å². The highest BCUT2D eigenvalue weighted by atomic mass is 32.2. The summed E-state index contributed by atoms with van der Waals surface area (Å²) in [4.78, 5) is 2.45. The number of anilines is 1. The van der Waals surface area contributed by atoms with Gasteiger partial charge >= 0.3 is 0 Å². The number of halogens is 1. The molecule has 0 radical (unpaired) electrons. The fraction of sp³-hybridized carbons (Fsp3) is 0.214. The van der Waals surface area contributed by atoms with Gasteiger partial charge in [0.2, 0.25) is 0 Å². The van der Waals surface area contributed by atoms with E-state index >= 15 is 4.39 Å². The van der Waals surface area contributed by atoms with E-state index in [1.165, 1.54) is 16.5 Å². The van der Waals surface area contributed by atoms with Crippen LogP contribution in [0, 0.1) is 5.82 Å². The summed E-state index contributed by atoms with van der Waals surface area (Å²) in [5.74, 6) is 2.86. The minimum absolute atomic E-state index is 0.215. The summed E-state index contributed by atoms with van der Waals surface area (Å²) < 4.78 is 22.2. The molecule has 0 bridgehead atoms. The Hall–Kier alpha value is -2.98. The fourth-order valence-corrected chi connectivity index (χ4v) is 5.85. The molecule has 1 unspecified atom stereocenters. The van der Waals surface area contributed by atoms with E-state index in [1.807, 2.05) is 61.2 Å². The van der Waals surface area contributed by atoms with Crippen molar-refractivity contribution in [3.05, 3.63) is 89.8 Å². The Labute approximate surface area is 191 Å². The van der Waals surface area contributed by atoms with E-state index in [0.717, 1.165) is 41.3 Å². The summed E-state index contributed by atoms with van der Waals surface area (Å²) in [7, 11) is 0. The molecule has 4 aromatic rings. The van der Waals surface area contributed by atoms with Crippen LogP contribution >= 0.6 is 11.8 Å². The SMILES string of the molecule is CC1(c2ccc3ccccc3c2F)C=Cc2c(cc(N3CCSCC3)c3ccccc23)O1. The molecule has 0 aromatic heterocycles. The number of ether oxygens (including phenoxy) is 1. The molecular weight excluding hydrogens is 417 g/mol. The molecule has 2 heterocycles. The lowest BCUT2D eigenvalue weighted by atomic mass is 9.88. The summed E-state index contributed by atoms with van der Waals surface area (Å²) in [5.41, 5.74) is 1.95. The third kappa shape index (κ3) is 3.08. The van der Waals surface area contributed by atoms with Crippen molar-refractivity contribution in [3.63, 3.8) is 0 Å². The summed E-state index contributed by atoms with van der Waals surface area (Å²) in [5, 5.41) is 3.94. The first-order valence-corrected chi connectivity index (χ1v) is 12.2. The summed E-state index contributed by atoms with van der Waals surface area (Å²) in [6.45, 7) is 4.01. The fourth-order valence-electron chi connectivity index (χ4n) is 4.94. The Morgan fingerprint density at radius 3 is 2.44 bits per heavy atom. The van der Waals surface area contributed by atoms with Crippen molar-refractivity contribution >= 4 is 45.1 Å². The van der Waals surface area contributed by atoms with E-state index in [9.17, 15) is 0 Å². The standard InChI is InChI=1S/C28H24FNOS/c1-28(24-11-10-19-6-2-3-7-20(19)27(24)29)13-12-23-21-8-4-5-9-22(21)25(18-26(23)31-28)30-14-16-32-17-15-30/h2-13,18H,14-17H2,1H3. The van der Waals surface area contributed by atoms with Crippen LogP contribution in [0.1, 0.15) is 18.1 Å². The quantitative estimate of drug-likeness (QED) is 0.332. The second kappa shape index (κ2) is 7.56. The number of thioether (sulfide) groups is 1. The normalized spacial score (nSPS) is 20.4. The van der Waals surface area contributed by atoms with E-state index in [-0.39, 0.29) is 5.82 Å². The van der Waals surface area contributed by atoms with E-state index in [0.29, 0.717) is 10.9 Å². The Balaban J connectivity index is 1.50. The van der Waals surface area contributed by atoms with Gasteiger partial charge in [-0.15, -0.1) is 0 Å². The van der Waals surface area contributed by atoms with Crippen molar-refractivity contribution in [1.82, 2.24) is 0 Å². The molecule has 1 atom stereocenters. The lowest BCUT2D eigenvalue weighted by molar-refractivity contribution is 0.134. The predicted octanol–water partition coefficient (Wildman–Crippen LogP) is 7.01. The monoisotopic (exact) mass is 441 g/mol. The van der Waals surface area contributed by atoms with E-state index in [4.69, 9.17) is 4.74 Å². The molecule has 2 aliphatic rings. The zero-order valence-electron chi connectivity index (χ0n) is 18.0. The third-order valence-electron chi connectivity index (χ3n) is 6.67. The molecule has 1 saturated heterocycles. The van der Waals surface area contributed by atoms with Crippen molar-refractivity contribution in [2.75, 3.05) is 29.5 Å². The van der Waals surface area contributed by atoms with Gasteiger partial charge in [-0.05, 0) is 23.8 Å². The van der Waals surface area contributed by atoms with Crippen molar-refractivity contribution in [3.8, 4) is 5.75 Å². The Morgan fingerprint density at radius 2 is 1.62 bits per heavy atom. The molecule has 6 rings (SSSR count). The molecule has 0 N–H and O–H groups in total. The molecule has 0 amide bonds. The van der Waals surface area contributed by atoms with Gasteiger partial charge in [0, 0.05) is 58.2 Å². The molecule has 0 spiro atoms. The first-order valence-electron chi connectivity index (χ1n) is 11.1. The number of fused-ring (bicyclic) bond motifs is 4. The number of nitrogens with zero attached hydrogens (tertiary/aromatic N) is 1. The molecule has 2 nitrogen and oxygen atoms in total. The van der Waals surface area contributed by atoms with Crippen LogP contribution in [0.2, 0.25) is 0 Å². The van der Waals surface area contributed by atoms with Crippen LogP contribution in [0.15, 0.2) is 72.8 Å². The molecule has 0 aliphatic carbocycles. The topological polar surface area (TPSA) is 12.5 Å². The number of benzene rings is 4. The molecule has 0 saturated carbocycles. The molecule has 2 aliphatic heterocycles. The molecule has 4 heteroatoms. The van der Waals surface area contributed by atoms with Crippen LogP contribution in [0.3, 0.4) is 0 Å². The molecule has 160 valence electrons. The number of rotatable bonds is 2. The van der Waals surface area contributed by atoms with Crippen LogP contribution in [-0.2, 0) is 5.60 Å². The highest BCUT2D eigenvalue weighted by molar-refractivity contribution is 7.99. The molecule has 32 heavy (non-hydrogen) atoms. The van der Waals surface area contributed by atoms with E-state index in [2.05, 4.69) is 41.3 Å². The van der Waals surface area contributed by atoms with Gasteiger partial charge in [-0.1, -0.05) is 66.7 Å². The van der Waals surface area contributed by atoms with Crippen LogP contribution < -0.4 is 9.64 Å². The van der Waals surface area contributed by atoms with Crippen molar-refractivity contribution in [2.24, 2.45) is 0 Å². The van der Waals surface area contributed by atoms with E-state index in [1.54, 1.807) is 0 Å². The Bertz CT molecular complexity index is 1370. The van der Waals surface area contributed by atoms with Crippen LogP contribution in [-0.4, -0.2) is 24.6 Å². The van der Waals surface area contributed by atoms with Gasteiger partial charge in [0.1, 0.15) is 11.6 Å². The minimum atomic E-state index is -0.876. The molecule has 1 fully saturated rings. The first kappa shape index (κ1) is 19.7. The zero-order chi connectivity index (χ0) is 21.7. The lowest BCUT2D eigenvalue weighted by Crippen LogP contribution is -2.33. The maximum absolute atomic E-state index is 15.6. The Morgan fingerprint density at radius 1 is 0.906 bits per heavy atom. The largest absolute Gasteiger partial charge is 0.478 e. The average molecular weight is 442 g/mol. The van der Waals surface area contributed by atoms with Gasteiger partial charge in [0.15, 0.2) is 5.60 Å². The number of hydrogen-bond acceptors (Lipinski definition) is 3. The van der Waals surface area contributed by atoms with Crippen molar-refractivity contribution < 1.29 is 9.13 Å². The van der Waals surface area contributed by atoms with Gasteiger partial charge in [-0.2, -0.15) is 11.8 Å². The predicted molar refractivity (Wildman–Crippen MR) is 134 cm³/mol. The minimum Gasteiger partial charge on any atom is -0.478 e. The van der Waals surface area contributed by atoms with Gasteiger partial charge in [0.05, 0.1) is 0 Å². The summed E-state index contributed by atoms with van der Waals surface area (Å²) in [6.07, 6.45) is 4.10. The van der Waals surface area contributed by atoms with Gasteiger partial charge in [-0.25, -0.2) is 4.39 Å². The highest BCUT2D eigenvalue weighted by Crippen LogP contribution is 2.45. The second-order valence-electron chi connectivity index (χ2n) is 8.64. The highest BCUT2D eigenvalue weighted by Gasteiger charge is 2.34. The van der Waals surface area contributed by atoms with Crippen LogP contribution in [0.4, 0.5) is 10.1 Å². The smallest absolute Gasteiger partial charge is 0.153 e. The van der Waals surface area contributed by atoms with Gasteiger partial charge < -0.3 is 9.64 Å². The lowest BCUT2D eigenvalue weighted by Gasteiger charge is -2.35. The third-order valence-corrected chi connectivity index (χ3v) is 7.61. The van der Waals surface area contributed by atoms with Crippen LogP contribution in [0.5, 0.6) is 5.75 Å². The molecular formula is C28H24FNOS. The van der Waals surface area contributed by atoms with Crippen molar-refractivity contribution in [2.45, 2.75) is 12.5 Å². The summed E-state index contributed by atoms with van der Waals surface area (Å²) >= 11 is 2.00. The average Bonchev–Trinajstić information content (AvgIpc) is 2.84. The Kier molecular flexibility index (Phi) is 4.65. The zero-order valence-corrected chi connectivity index (χ0v) is 18.8. The summed E-state index contributed by atoms with van der Waals surface area (Å²) in [6, 6.07) is 22.1. The maximum Gasteiger partial charge on any atom is 0.153 e. The number of hydrogen-bond donors (Lipinski definition) is 0. The first-order chi connectivity index (χ1) is 15.6. The van der Waals surface area contributed by atoms with Crippen molar-refractivity contribution in [1.29, 1.82) is 0 Å². The maximum atomic E-state index is 15.6. The molecule has 4 aromatic carbocycles. The second-order valence-corrected chi connectivity index (χ2v) is 9.87.